The van der Waals surface area contributed by atoms with Gasteiger partial charge in [-0.25, -0.2) is 0 Å². The molecule has 2 heteroatoms. The molecule has 1 heterocycles. The summed E-state index contributed by atoms with van der Waals surface area (Å²) in [6, 6.07) is 0. The Morgan fingerprint density at radius 3 is 2.06 bits per heavy atom. The number of rotatable bonds is 2. The van der Waals surface area contributed by atoms with Crippen molar-refractivity contribution < 1.29 is 9.84 Å². The molecule has 0 bridgehead atoms. The van der Waals surface area contributed by atoms with Crippen molar-refractivity contribution in [3.8, 4) is 0 Å². The molecule has 0 radical (unpaired) electrons. The van der Waals surface area contributed by atoms with Gasteiger partial charge in [0.15, 0.2) is 0 Å². The van der Waals surface area contributed by atoms with Gasteiger partial charge in [0.25, 0.3) is 0 Å². The maximum absolute atomic E-state index is 10.8. The van der Waals surface area contributed by atoms with Crippen LogP contribution in [0.2, 0.25) is 0 Å². The molecule has 1 aliphatic heterocycles. The van der Waals surface area contributed by atoms with Crippen molar-refractivity contribution >= 4 is 0 Å². The number of aliphatic hydroxyl groups is 1. The van der Waals surface area contributed by atoms with Gasteiger partial charge in [-0.15, -0.1) is 0 Å². The zero-order chi connectivity index (χ0) is 14.6. The second-order valence-corrected chi connectivity index (χ2v) is 7.57. The summed E-state index contributed by atoms with van der Waals surface area (Å²) in [5.74, 6) is 0. The van der Waals surface area contributed by atoms with Crippen LogP contribution in [0.25, 0.3) is 0 Å². The first kappa shape index (κ1) is 15.7. The van der Waals surface area contributed by atoms with Gasteiger partial charge in [0, 0.05) is 17.3 Å². The highest BCUT2D eigenvalue weighted by molar-refractivity contribution is 5.17. The van der Waals surface area contributed by atoms with Crippen LogP contribution in [0.3, 0.4) is 0 Å². The summed E-state index contributed by atoms with van der Waals surface area (Å²) >= 11 is 0. The molecular weight excluding hydrogens is 224 g/mol. The van der Waals surface area contributed by atoms with Gasteiger partial charge < -0.3 is 9.84 Å². The predicted octanol–water partition coefficient (Wildman–Crippen LogP) is 3.93. The van der Waals surface area contributed by atoms with Crippen LogP contribution in [-0.4, -0.2) is 22.4 Å². The second kappa shape index (κ2) is 4.08. The van der Waals surface area contributed by atoms with E-state index < -0.39 is 11.2 Å². The van der Waals surface area contributed by atoms with Gasteiger partial charge in [-0.1, -0.05) is 39.8 Å². The van der Waals surface area contributed by atoms with Crippen molar-refractivity contribution in [2.75, 3.05) is 0 Å². The van der Waals surface area contributed by atoms with Crippen LogP contribution in [0, 0.1) is 10.8 Å². The molecule has 2 nitrogen and oxygen atoms in total. The van der Waals surface area contributed by atoms with E-state index in [1.165, 1.54) is 0 Å². The van der Waals surface area contributed by atoms with Crippen molar-refractivity contribution in [2.45, 2.75) is 79.1 Å². The zero-order valence-electron chi connectivity index (χ0n) is 13.3. The highest BCUT2D eigenvalue weighted by Crippen LogP contribution is 2.54. The molecule has 0 spiro atoms. The molecule has 0 aromatic rings. The number of hydrogen-bond donors (Lipinski definition) is 1. The SMILES string of the molecule is C=C(C)C(C)(C)C1(C)CC(C)(O)C(C)(C)C(C)O1. The van der Waals surface area contributed by atoms with Crippen LogP contribution >= 0.6 is 0 Å². The van der Waals surface area contributed by atoms with E-state index in [0.29, 0.717) is 6.42 Å². The van der Waals surface area contributed by atoms with Gasteiger partial charge in [0.2, 0.25) is 0 Å². The maximum atomic E-state index is 10.8. The molecule has 3 unspecified atom stereocenters. The second-order valence-electron chi connectivity index (χ2n) is 7.57. The molecule has 18 heavy (non-hydrogen) atoms. The lowest BCUT2D eigenvalue weighted by Gasteiger charge is -2.59. The summed E-state index contributed by atoms with van der Waals surface area (Å²) in [7, 11) is 0. The Morgan fingerprint density at radius 1 is 1.28 bits per heavy atom. The first-order valence-corrected chi connectivity index (χ1v) is 6.84. The quantitative estimate of drug-likeness (QED) is 0.756. The van der Waals surface area contributed by atoms with Gasteiger partial charge in [0.1, 0.15) is 0 Å². The lowest BCUT2D eigenvalue weighted by molar-refractivity contribution is -0.271. The third-order valence-electron chi connectivity index (χ3n) is 5.91. The highest BCUT2D eigenvalue weighted by Gasteiger charge is 2.58. The third-order valence-corrected chi connectivity index (χ3v) is 5.91. The fraction of sp³-hybridized carbons (Fsp3) is 0.875. The Kier molecular flexibility index (Phi) is 3.56. The Morgan fingerprint density at radius 2 is 1.72 bits per heavy atom. The van der Waals surface area contributed by atoms with Crippen molar-refractivity contribution in [1.82, 2.24) is 0 Å². The Labute approximate surface area is 112 Å². The van der Waals surface area contributed by atoms with E-state index in [1.807, 2.05) is 13.8 Å². The fourth-order valence-electron chi connectivity index (χ4n) is 2.72. The van der Waals surface area contributed by atoms with Gasteiger partial charge in [-0.2, -0.15) is 0 Å². The zero-order valence-corrected chi connectivity index (χ0v) is 13.3. The van der Waals surface area contributed by atoms with Crippen molar-refractivity contribution in [3.63, 3.8) is 0 Å². The van der Waals surface area contributed by atoms with Crippen molar-refractivity contribution in [2.24, 2.45) is 10.8 Å². The van der Waals surface area contributed by atoms with Gasteiger partial charge in [-0.05, 0) is 27.7 Å². The summed E-state index contributed by atoms with van der Waals surface area (Å²) in [4.78, 5) is 0. The Balaban J connectivity index is 3.21. The summed E-state index contributed by atoms with van der Waals surface area (Å²) < 4.78 is 6.33. The highest BCUT2D eigenvalue weighted by atomic mass is 16.5. The summed E-state index contributed by atoms with van der Waals surface area (Å²) in [6.07, 6.45) is 0.627. The smallest absolute Gasteiger partial charge is 0.0773 e. The van der Waals surface area contributed by atoms with E-state index in [-0.39, 0.29) is 16.9 Å². The monoisotopic (exact) mass is 254 g/mol. The van der Waals surface area contributed by atoms with Crippen molar-refractivity contribution in [1.29, 1.82) is 0 Å². The minimum atomic E-state index is -0.744. The van der Waals surface area contributed by atoms with E-state index in [1.54, 1.807) is 0 Å². The maximum Gasteiger partial charge on any atom is 0.0773 e. The van der Waals surface area contributed by atoms with E-state index in [2.05, 4.69) is 48.1 Å². The Bertz CT molecular complexity index is 352. The lowest BCUT2D eigenvalue weighted by Crippen LogP contribution is -2.64. The fourth-order valence-corrected chi connectivity index (χ4v) is 2.72. The standard InChI is InChI=1S/C16H30O2/c1-11(2)13(4,5)16(9)10-15(8,17)14(6,7)12(3)18-16/h12,17H,1,10H2,2-9H3. The average molecular weight is 254 g/mol. The predicted molar refractivity (Wildman–Crippen MR) is 76.6 cm³/mol. The minimum Gasteiger partial charge on any atom is -0.389 e. The molecular formula is C16H30O2. The molecule has 3 atom stereocenters. The van der Waals surface area contributed by atoms with Gasteiger partial charge in [0.05, 0.1) is 17.3 Å². The third kappa shape index (κ3) is 2.04. The van der Waals surface area contributed by atoms with Crippen LogP contribution in [0.1, 0.15) is 61.8 Å². The molecule has 0 aromatic heterocycles. The molecule has 0 aliphatic carbocycles. The first-order chi connectivity index (χ1) is 7.78. The molecule has 1 N–H and O–H groups in total. The molecule has 0 amide bonds. The van der Waals surface area contributed by atoms with Crippen molar-refractivity contribution in [3.05, 3.63) is 12.2 Å². The lowest BCUT2D eigenvalue weighted by atomic mass is 9.59. The van der Waals surface area contributed by atoms with Gasteiger partial charge in [-0.3, -0.25) is 0 Å². The van der Waals surface area contributed by atoms with E-state index in [0.717, 1.165) is 5.57 Å². The largest absolute Gasteiger partial charge is 0.389 e. The van der Waals surface area contributed by atoms with Crippen LogP contribution in [0.5, 0.6) is 0 Å². The minimum absolute atomic E-state index is 0.00451. The summed E-state index contributed by atoms with van der Waals surface area (Å²) in [5, 5.41) is 10.8. The van der Waals surface area contributed by atoms with Crippen LogP contribution in [0.4, 0.5) is 0 Å². The van der Waals surface area contributed by atoms with E-state index in [9.17, 15) is 5.11 Å². The number of ether oxygens (including phenoxy) is 1. The van der Waals surface area contributed by atoms with Gasteiger partial charge >= 0.3 is 0 Å². The normalized spacial score (nSPS) is 40.6. The molecule has 106 valence electrons. The van der Waals surface area contributed by atoms with E-state index >= 15 is 0 Å². The topological polar surface area (TPSA) is 29.5 Å². The molecule has 0 saturated carbocycles. The van der Waals surface area contributed by atoms with Crippen LogP contribution in [-0.2, 0) is 4.74 Å². The Hall–Kier alpha value is -0.340. The van der Waals surface area contributed by atoms with Crippen LogP contribution in [0.15, 0.2) is 12.2 Å². The van der Waals surface area contributed by atoms with Crippen LogP contribution < -0.4 is 0 Å². The molecule has 1 rings (SSSR count). The summed E-state index contributed by atoms with van der Waals surface area (Å²) in [6.45, 7) is 20.7. The summed E-state index contributed by atoms with van der Waals surface area (Å²) in [5.41, 5.74) is -0.462. The molecule has 1 aliphatic rings. The molecule has 1 fully saturated rings. The first-order valence-electron chi connectivity index (χ1n) is 6.84. The average Bonchev–Trinajstić information content (AvgIpc) is 2.13. The molecule has 0 aromatic carbocycles. The number of hydrogen-bond acceptors (Lipinski definition) is 2. The molecule has 1 saturated heterocycles. The van der Waals surface area contributed by atoms with E-state index in [4.69, 9.17) is 4.74 Å².